The highest BCUT2D eigenvalue weighted by atomic mass is 79.9. The molecule has 2 aliphatic heterocycles. The number of furan rings is 1. The third kappa shape index (κ3) is 2.87. The summed E-state index contributed by atoms with van der Waals surface area (Å²) >= 11 is 3.54. The Bertz CT molecular complexity index is 1590. The summed E-state index contributed by atoms with van der Waals surface area (Å²) in [7, 11) is 0. The van der Waals surface area contributed by atoms with Gasteiger partial charge >= 0.3 is 0 Å². The van der Waals surface area contributed by atoms with Gasteiger partial charge < -0.3 is 9.32 Å². The van der Waals surface area contributed by atoms with Crippen molar-refractivity contribution in [3.05, 3.63) is 130 Å². The molecule has 0 amide bonds. The molecule has 3 heterocycles. The van der Waals surface area contributed by atoms with Crippen molar-refractivity contribution in [2.75, 3.05) is 4.90 Å². The van der Waals surface area contributed by atoms with E-state index in [4.69, 9.17) is 4.42 Å². The minimum Gasteiger partial charge on any atom is -0.469 e. The molecule has 1 spiro atoms. The van der Waals surface area contributed by atoms with Gasteiger partial charge in [-0.3, -0.25) is 14.4 Å². The molecular formula is C31H20BrNO4. The van der Waals surface area contributed by atoms with E-state index in [1.54, 1.807) is 48.5 Å². The Morgan fingerprint density at radius 2 is 1.57 bits per heavy atom. The van der Waals surface area contributed by atoms with Crippen molar-refractivity contribution in [2.24, 2.45) is 5.41 Å². The van der Waals surface area contributed by atoms with E-state index in [1.807, 2.05) is 53.5 Å². The number of halogens is 1. The highest BCUT2D eigenvalue weighted by Gasteiger charge is 2.72. The van der Waals surface area contributed by atoms with E-state index in [0.717, 1.165) is 15.7 Å². The van der Waals surface area contributed by atoms with E-state index in [9.17, 15) is 14.4 Å². The lowest BCUT2D eigenvalue weighted by molar-refractivity contribution is 0.0652. The van der Waals surface area contributed by atoms with Crippen LogP contribution in [0.2, 0.25) is 0 Å². The number of benzene rings is 3. The summed E-state index contributed by atoms with van der Waals surface area (Å²) in [5, 5.41) is 0. The van der Waals surface area contributed by atoms with Crippen molar-refractivity contribution in [2.45, 2.75) is 18.0 Å². The Kier molecular flexibility index (Phi) is 4.79. The maximum Gasteiger partial charge on any atom is 0.186 e. The van der Waals surface area contributed by atoms with Crippen LogP contribution in [-0.2, 0) is 0 Å². The fourth-order valence-electron chi connectivity index (χ4n) is 6.50. The van der Waals surface area contributed by atoms with Gasteiger partial charge in [0.15, 0.2) is 17.3 Å². The highest BCUT2D eigenvalue weighted by molar-refractivity contribution is 9.10. The van der Waals surface area contributed by atoms with Gasteiger partial charge in [0.05, 0.1) is 18.2 Å². The van der Waals surface area contributed by atoms with Crippen LogP contribution in [-0.4, -0.2) is 29.4 Å². The van der Waals surface area contributed by atoms with Crippen LogP contribution in [0, 0.1) is 5.41 Å². The van der Waals surface area contributed by atoms with Gasteiger partial charge in [0.25, 0.3) is 0 Å². The van der Waals surface area contributed by atoms with Crippen LogP contribution < -0.4 is 4.90 Å². The summed E-state index contributed by atoms with van der Waals surface area (Å²) in [6.45, 7) is 0. The van der Waals surface area contributed by atoms with E-state index in [1.165, 1.54) is 6.26 Å². The van der Waals surface area contributed by atoms with Crippen LogP contribution in [0.25, 0.3) is 6.08 Å². The van der Waals surface area contributed by atoms with Gasteiger partial charge in [-0.05, 0) is 35.9 Å². The number of hydrogen-bond acceptors (Lipinski definition) is 5. The fraction of sp³-hybridized carbons (Fsp3) is 0.129. The summed E-state index contributed by atoms with van der Waals surface area (Å²) < 4.78 is 6.81. The maximum atomic E-state index is 14.4. The molecule has 1 saturated heterocycles. The number of hydrogen-bond donors (Lipinski definition) is 0. The highest BCUT2D eigenvalue weighted by Crippen LogP contribution is 2.61. The molecule has 7 rings (SSSR count). The van der Waals surface area contributed by atoms with Gasteiger partial charge in [0.2, 0.25) is 0 Å². The van der Waals surface area contributed by atoms with Gasteiger partial charge in [0.1, 0.15) is 17.2 Å². The molecular weight excluding hydrogens is 530 g/mol. The van der Waals surface area contributed by atoms with Crippen LogP contribution in [0.4, 0.5) is 5.69 Å². The molecule has 0 radical (unpaired) electrons. The Morgan fingerprint density at radius 3 is 2.24 bits per heavy atom. The van der Waals surface area contributed by atoms with Crippen molar-refractivity contribution >= 4 is 45.0 Å². The summed E-state index contributed by atoms with van der Waals surface area (Å²) in [5.41, 5.74) is 1.47. The molecule has 1 aliphatic carbocycles. The Labute approximate surface area is 221 Å². The smallest absolute Gasteiger partial charge is 0.186 e. The van der Waals surface area contributed by atoms with Crippen molar-refractivity contribution in [3.8, 4) is 0 Å². The Hall–Kier alpha value is -4.03. The monoisotopic (exact) mass is 549 g/mol. The normalized spacial score (nSPS) is 22.7. The average Bonchev–Trinajstić information content (AvgIpc) is 3.62. The minimum atomic E-state index is -1.54. The first kappa shape index (κ1) is 22.2. The summed E-state index contributed by atoms with van der Waals surface area (Å²) in [6, 6.07) is 23.8. The number of nitrogens with zero attached hydrogens (tertiary/aromatic N) is 1. The first-order chi connectivity index (χ1) is 18.0. The standard InChI is InChI=1S/C31H20BrNO4/c32-20-13-14-23-19(17-20)12-15-25-31(29(35)21-9-4-5-10-22(21)30(31)36)26(24-11-6-16-37-24)27(33(23)25)28(34)18-7-2-1-3-8-18/h1-17,25-27H/t25?,26-,27+/m0/s1. The van der Waals surface area contributed by atoms with Crippen LogP contribution in [0.3, 0.4) is 0 Å². The van der Waals surface area contributed by atoms with Crippen LogP contribution in [0.5, 0.6) is 0 Å². The summed E-state index contributed by atoms with van der Waals surface area (Å²) in [5.74, 6) is -1.07. The molecule has 3 aliphatic rings. The lowest BCUT2D eigenvalue weighted by Gasteiger charge is -2.37. The van der Waals surface area contributed by atoms with Crippen LogP contribution >= 0.6 is 15.9 Å². The number of carbonyl (C=O) groups is 3. The molecule has 180 valence electrons. The second-order valence-electron chi connectivity index (χ2n) is 9.66. The van der Waals surface area contributed by atoms with Crippen LogP contribution in [0.15, 0.2) is 106 Å². The van der Waals surface area contributed by atoms with Gasteiger partial charge in [-0.25, -0.2) is 0 Å². The maximum absolute atomic E-state index is 14.4. The number of rotatable bonds is 3. The lowest BCUT2D eigenvalue weighted by atomic mass is 9.65. The Morgan fingerprint density at radius 1 is 0.865 bits per heavy atom. The summed E-state index contributed by atoms with van der Waals surface area (Å²) in [6.07, 6.45) is 5.38. The average molecular weight is 550 g/mol. The van der Waals surface area contributed by atoms with Crippen LogP contribution in [0.1, 0.15) is 48.3 Å². The number of ketones is 3. The number of carbonyl (C=O) groups excluding carboxylic acids is 3. The summed E-state index contributed by atoms with van der Waals surface area (Å²) in [4.78, 5) is 45.2. The molecule has 0 bridgehead atoms. The fourth-order valence-corrected chi connectivity index (χ4v) is 6.88. The molecule has 37 heavy (non-hydrogen) atoms. The number of fused-ring (bicyclic) bond motifs is 5. The van der Waals surface area contributed by atoms with Gasteiger partial charge in [0, 0.05) is 26.9 Å². The second kappa shape index (κ2) is 7.98. The lowest BCUT2D eigenvalue weighted by Crippen LogP contribution is -2.48. The van der Waals surface area contributed by atoms with Gasteiger partial charge in [-0.1, -0.05) is 82.7 Å². The van der Waals surface area contributed by atoms with E-state index in [0.29, 0.717) is 22.5 Å². The molecule has 0 N–H and O–H groups in total. The zero-order valence-corrected chi connectivity index (χ0v) is 21.1. The molecule has 3 atom stereocenters. The number of anilines is 1. The van der Waals surface area contributed by atoms with Crippen molar-refractivity contribution < 1.29 is 18.8 Å². The molecule has 4 aromatic rings. The molecule has 1 aromatic heterocycles. The molecule has 0 saturated carbocycles. The van der Waals surface area contributed by atoms with Crippen molar-refractivity contribution in [1.29, 1.82) is 0 Å². The molecule has 1 fully saturated rings. The zero-order valence-electron chi connectivity index (χ0n) is 19.5. The predicted octanol–water partition coefficient (Wildman–Crippen LogP) is 6.36. The topological polar surface area (TPSA) is 67.6 Å². The first-order valence-corrected chi connectivity index (χ1v) is 12.9. The van der Waals surface area contributed by atoms with E-state index in [2.05, 4.69) is 15.9 Å². The largest absolute Gasteiger partial charge is 0.469 e. The SMILES string of the molecule is O=C(c1ccccc1)[C@H]1[C@H](c2ccco2)C2(C(=O)c3ccccc3C2=O)C2C=Cc3cc(Br)ccc3N21. The van der Waals surface area contributed by atoms with Crippen molar-refractivity contribution in [3.63, 3.8) is 0 Å². The van der Waals surface area contributed by atoms with Gasteiger partial charge in [-0.15, -0.1) is 0 Å². The van der Waals surface area contributed by atoms with E-state index in [-0.39, 0.29) is 17.3 Å². The van der Waals surface area contributed by atoms with E-state index >= 15 is 0 Å². The first-order valence-electron chi connectivity index (χ1n) is 12.1. The van der Waals surface area contributed by atoms with Gasteiger partial charge in [-0.2, -0.15) is 0 Å². The molecule has 6 heteroatoms. The Balaban J connectivity index is 1.55. The number of Topliss-reactive ketones (excluding diaryl/α,β-unsaturated/α-hetero) is 3. The predicted molar refractivity (Wildman–Crippen MR) is 143 cm³/mol. The zero-order chi connectivity index (χ0) is 25.3. The molecule has 3 aromatic carbocycles. The third-order valence-corrected chi connectivity index (χ3v) is 8.44. The minimum absolute atomic E-state index is 0.162. The second-order valence-corrected chi connectivity index (χ2v) is 10.6. The molecule has 5 nitrogen and oxygen atoms in total. The molecule has 1 unspecified atom stereocenters. The van der Waals surface area contributed by atoms with Crippen molar-refractivity contribution in [1.82, 2.24) is 0 Å². The van der Waals surface area contributed by atoms with E-state index < -0.39 is 23.4 Å². The quantitative estimate of drug-likeness (QED) is 0.220. The third-order valence-electron chi connectivity index (χ3n) is 7.94.